The van der Waals surface area contributed by atoms with Crippen molar-refractivity contribution in [2.45, 2.75) is 6.92 Å². The Bertz CT molecular complexity index is 790. The summed E-state index contributed by atoms with van der Waals surface area (Å²) in [5.74, 6) is 0.596. The monoisotopic (exact) mass is 407 g/mol. The van der Waals surface area contributed by atoms with Crippen LogP contribution >= 0.6 is 31.9 Å². The van der Waals surface area contributed by atoms with Crippen LogP contribution in [0.15, 0.2) is 45.3 Å². The molecule has 7 heteroatoms. The Labute approximate surface area is 138 Å². The zero-order valence-electron chi connectivity index (χ0n) is 11.1. The normalized spacial score (nSPS) is 10.8. The van der Waals surface area contributed by atoms with E-state index in [1.807, 2.05) is 43.3 Å². The molecule has 3 aromatic rings. The van der Waals surface area contributed by atoms with E-state index in [1.165, 1.54) is 0 Å². The number of tetrazole rings is 1. The van der Waals surface area contributed by atoms with E-state index >= 15 is 0 Å². The highest BCUT2D eigenvalue weighted by Gasteiger charge is 2.17. The Morgan fingerprint density at radius 1 is 1.10 bits per heavy atom. The van der Waals surface area contributed by atoms with Crippen LogP contribution < -0.4 is 5.73 Å². The molecule has 0 bridgehead atoms. The van der Waals surface area contributed by atoms with Crippen LogP contribution in [0, 0.1) is 6.92 Å². The molecule has 0 saturated heterocycles. The Hall–Kier alpha value is -1.73. The van der Waals surface area contributed by atoms with E-state index in [0.29, 0.717) is 11.5 Å². The van der Waals surface area contributed by atoms with Crippen molar-refractivity contribution in [2.75, 3.05) is 5.73 Å². The lowest BCUT2D eigenvalue weighted by Crippen LogP contribution is -2.03. The standard InChI is InChI=1S/C14H11Br2N5/c1-8-6-10(15)13(11(16)7-8)21-14(18-19-20-21)9-4-2-3-5-12(9)17/h2-7H,17H2,1H3. The van der Waals surface area contributed by atoms with Crippen LogP contribution in [0.1, 0.15) is 5.56 Å². The lowest BCUT2D eigenvalue weighted by atomic mass is 10.1. The molecule has 0 spiro atoms. The molecular formula is C14H11Br2N5. The second-order valence-corrected chi connectivity index (χ2v) is 6.29. The largest absolute Gasteiger partial charge is 0.398 e. The molecule has 0 saturated carbocycles. The fourth-order valence-electron chi connectivity index (χ4n) is 2.10. The molecule has 2 aromatic carbocycles. The van der Waals surface area contributed by atoms with Crippen molar-refractivity contribution < 1.29 is 0 Å². The first-order valence-corrected chi connectivity index (χ1v) is 7.76. The number of nitrogens with zero attached hydrogens (tertiary/aromatic N) is 4. The molecule has 3 rings (SSSR count). The summed E-state index contributed by atoms with van der Waals surface area (Å²) in [6.45, 7) is 2.02. The smallest absolute Gasteiger partial charge is 0.189 e. The molecule has 0 fully saturated rings. The van der Waals surface area contributed by atoms with Crippen molar-refractivity contribution in [3.63, 3.8) is 0 Å². The summed E-state index contributed by atoms with van der Waals surface area (Å²) in [6.07, 6.45) is 0. The molecule has 0 amide bonds. The maximum absolute atomic E-state index is 6.03. The third-order valence-electron chi connectivity index (χ3n) is 3.04. The predicted octanol–water partition coefficient (Wildman–Crippen LogP) is 3.74. The molecule has 0 aliphatic rings. The van der Waals surface area contributed by atoms with Gasteiger partial charge in [-0.2, -0.15) is 4.68 Å². The number of rotatable bonds is 2. The highest BCUT2D eigenvalue weighted by atomic mass is 79.9. The van der Waals surface area contributed by atoms with E-state index in [-0.39, 0.29) is 0 Å². The van der Waals surface area contributed by atoms with E-state index in [1.54, 1.807) is 4.68 Å². The van der Waals surface area contributed by atoms with E-state index in [9.17, 15) is 0 Å². The van der Waals surface area contributed by atoms with Crippen LogP contribution in [0.25, 0.3) is 17.1 Å². The number of aryl methyl sites for hydroxylation is 1. The number of anilines is 1. The molecule has 0 aliphatic heterocycles. The van der Waals surface area contributed by atoms with Crippen LogP contribution in [-0.4, -0.2) is 20.2 Å². The van der Waals surface area contributed by atoms with Crippen molar-refractivity contribution in [1.29, 1.82) is 0 Å². The van der Waals surface area contributed by atoms with Gasteiger partial charge in [0.25, 0.3) is 0 Å². The maximum Gasteiger partial charge on any atom is 0.189 e. The molecule has 0 atom stereocenters. The number of nitrogen functional groups attached to an aromatic ring is 1. The molecule has 21 heavy (non-hydrogen) atoms. The van der Waals surface area contributed by atoms with Crippen LogP contribution in [0.5, 0.6) is 0 Å². The van der Waals surface area contributed by atoms with Gasteiger partial charge < -0.3 is 5.73 Å². The van der Waals surface area contributed by atoms with Crippen LogP contribution in [-0.2, 0) is 0 Å². The number of nitrogens with two attached hydrogens (primary N) is 1. The van der Waals surface area contributed by atoms with Crippen molar-refractivity contribution in [1.82, 2.24) is 20.2 Å². The molecule has 1 aromatic heterocycles. The third kappa shape index (κ3) is 2.58. The Morgan fingerprint density at radius 3 is 2.43 bits per heavy atom. The molecule has 5 nitrogen and oxygen atoms in total. The highest BCUT2D eigenvalue weighted by Crippen LogP contribution is 2.33. The van der Waals surface area contributed by atoms with Gasteiger partial charge in [-0.25, -0.2) is 0 Å². The first-order chi connectivity index (χ1) is 10.1. The molecule has 0 aliphatic carbocycles. The third-order valence-corrected chi connectivity index (χ3v) is 4.25. The van der Waals surface area contributed by atoms with E-state index in [0.717, 1.165) is 25.8 Å². The molecular weight excluding hydrogens is 398 g/mol. The lowest BCUT2D eigenvalue weighted by molar-refractivity contribution is 0.786. The summed E-state index contributed by atoms with van der Waals surface area (Å²) in [7, 11) is 0. The number of aromatic nitrogens is 4. The van der Waals surface area contributed by atoms with Gasteiger partial charge in [0.2, 0.25) is 0 Å². The van der Waals surface area contributed by atoms with Gasteiger partial charge >= 0.3 is 0 Å². The molecule has 106 valence electrons. The zero-order chi connectivity index (χ0) is 15.0. The number of para-hydroxylation sites is 1. The lowest BCUT2D eigenvalue weighted by Gasteiger charge is -2.11. The van der Waals surface area contributed by atoms with Crippen LogP contribution in [0.3, 0.4) is 0 Å². The number of hydrogen-bond donors (Lipinski definition) is 1. The summed E-state index contributed by atoms with van der Waals surface area (Å²) < 4.78 is 3.47. The van der Waals surface area contributed by atoms with Gasteiger partial charge in [-0.15, -0.1) is 5.10 Å². The van der Waals surface area contributed by atoms with Crippen molar-refractivity contribution in [3.8, 4) is 17.1 Å². The topological polar surface area (TPSA) is 69.6 Å². The van der Waals surface area contributed by atoms with Gasteiger partial charge in [0, 0.05) is 20.2 Å². The Morgan fingerprint density at radius 2 is 1.76 bits per heavy atom. The molecule has 2 N–H and O–H groups in total. The van der Waals surface area contributed by atoms with E-state index in [4.69, 9.17) is 5.73 Å². The molecule has 0 radical (unpaired) electrons. The van der Waals surface area contributed by atoms with Crippen molar-refractivity contribution >= 4 is 37.5 Å². The molecule has 0 unspecified atom stereocenters. The highest BCUT2D eigenvalue weighted by molar-refractivity contribution is 9.11. The summed E-state index contributed by atoms with van der Waals surface area (Å²) >= 11 is 7.13. The maximum atomic E-state index is 6.03. The fraction of sp³-hybridized carbons (Fsp3) is 0.0714. The van der Waals surface area contributed by atoms with Gasteiger partial charge in [-0.05, 0) is 79.0 Å². The van der Waals surface area contributed by atoms with E-state index < -0.39 is 0 Å². The van der Waals surface area contributed by atoms with Gasteiger partial charge in [-0.1, -0.05) is 12.1 Å². The van der Waals surface area contributed by atoms with E-state index in [2.05, 4.69) is 47.4 Å². The number of halogens is 2. The minimum Gasteiger partial charge on any atom is -0.398 e. The summed E-state index contributed by atoms with van der Waals surface area (Å²) in [4.78, 5) is 0. The SMILES string of the molecule is Cc1cc(Br)c(-n2nnnc2-c2ccccc2N)c(Br)c1. The minimum absolute atomic E-state index is 0.596. The summed E-state index contributed by atoms with van der Waals surface area (Å²) in [6, 6.07) is 11.5. The predicted molar refractivity (Wildman–Crippen MR) is 89.1 cm³/mol. The van der Waals surface area contributed by atoms with Crippen molar-refractivity contribution in [2.24, 2.45) is 0 Å². The van der Waals surface area contributed by atoms with Crippen molar-refractivity contribution in [3.05, 3.63) is 50.9 Å². The first-order valence-electron chi connectivity index (χ1n) is 6.17. The quantitative estimate of drug-likeness (QED) is 0.655. The van der Waals surface area contributed by atoms with Crippen LogP contribution in [0.2, 0.25) is 0 Å². The van der Waals surface area contributed by atoms with Gasteiger partial charge in [0.15, 0.2) is 5.82 Å². The molecule has 1 heterocycles. The number of benzene rings is 2. The average Bonchev–Trinajstić information content (AvgIpc) is 2.87. The van der Waals surface area contributed by atoms with Gasteiger partial charge in [0.05, 0.1) is 5.69 Å². The first kappa shape index (κ1) is 14.2. The fourth-order valence-corrected chi connectivity index (χ4v) is 3.85. The Kier molecular flexibility index (Phi) is 3.77. The average molecular weight is 409 g/mol. The zero-order valence-corrected chi connectivity index (χ0v) is 14.3. The summed E-state index contributed by atoms with van der Waals surface area (Å²) in [5, 5.41) is 12.0. The van der Waals surface area contributed by atoms with Gasteiger partial charge in [-0.3, -0.25) is 0 Å². The number of hydrogen-bond acceptors (Lipinski definition) is 4. The van der Waals surface area contributed by atoms with Gasteiger partial charge in [0.1, 0.15) is 0 Å². The summed E-state index contributed by atoms with van der Waals surface area (Å²) in [5.41, 5.74) is 9.42. The second-order valence-electron chi connectivity index (χ2n) is 4.58. The minimum atomic E-state index is 0.596. The Balaban J connectivity index is 2.24. The van der Waals surface area contributed by atoms with Crippen LogP contribution in [0.4, 0.5) is 5.69 Å². The second kappa shape index (κ2) is 5.57.